The van der Waals surface area contributed by atoms with Gasteiger partial charge in [0.25, 0.3) is 5.91 Å². The van der Waals surface area contributed by atoms with Gasteiger partial charge in [0.1, 0.15) is 11.6 Å². The van der Waals surface area contributed by atoms with Crippen LogP contribution in [0.15, 0.2) is 71.8 Å². The van der Waals surface area contributed by atoms with Gasteiger partial charge in [-0.15, -0.1) is 0 Å². The maximum Gasteiger partial charge on any atom is 0.343 e. The smallest absolute Gasteiger partial charge is 0.343 e. The molecule has 8 heteroatoms. The van der Waals surface area contributed by atoms with Crippen molar-refractivity contribution < 1.29 is 28.2 Å². The second kappa shape index (κ2) is 11.3. The van der Waals surface area contributed by atoms with Crippen LogP contribution in [0.1, 0.15) is 42.3 Å². The predicted molar refractivity (Wildman–Crippen MR) is 131 cm³/mol. The number of hydrazone groups is 1. The van der Waals surface area contributed by atoms with Crippen molar-refractivity contribution in [2.45, 2.75) is 26.2 Å². The summed E-state index contributed by atoms with van der Waals surface area (Å²) in [6.07, 6.45) is 1.41. The summed E-state index contributed by atoms with van der Waals surface area (Å²) >= 11 is 0. The lowest BCUT2D eigenvalue weighted by Crippen LogP contribution is -2.24. The van der Waals surface area contributed by atoms with Crippen molar-refractivity contribution in [1.82, 2.24) is 5.43 Å². The highest BCUT2D eigenvalue weighted by molar-refractivity contribution is 5.91. The quantitative estimate of drug-likeness (QED) is 0.216. The summed E-state index contributed by atoms with van der Waals surface area (Å²) in [4.78, 5) is 24.3. The minimum Gasteiger partial charge on any atom is -0.493 e. The van der Waals surface area contributed by atoms with Crippen LogP contribution in [0.4, 0.5) is 4.39 Å². The largest absolute Gasteiger partial charge is 0.493 e. The molecule has 0 saturated heterocycles. The zero-order valence-corrected chi connectivity index (χ0v) is 20.0. The number of hydrogen-bond donors (Lipinski definition) is 1. The molecule has 0 aliphatic rings. The first kappa shape index (κ1) is 25.4. The van der Waals surface area contributed by atoms with Crippen molar-refractivity contribution in [3.8, 4) is 17.2 Å². The maximum atomic E-state index is 13.3. The molecule has 0 aromatic heterocycles. The summed E-state index contributed by atoms with van der Waals surface area (Å²) in [6, 6.07) is 17.5. The number of nitrogens with one attached hydrogen (secondary N) is 1. The number of methoxy groups -OCH3 is 1. The van der Waals surface area contributed by atoms with E-state index in [2.05, 4.69) is 31.3 Å². The van der Waals surface area contributed by atoms with Crippen LogP contribution in [0.5, 0.6) is 17.2 Å². The van der Waals surface area contributed by atoms with E-state index in [9.17, 15) is 14.0 Å². The summed E-state index contributed by atoms with van der Waals surface area (Å²) in [6.45, 7) is 6.18. The molecule has 0 bridgehead atoms. The maximum absolute atomic E-state index is 13.3. The molecule has 35 heavy (non-hydrogen) atoms. The van der Waals surface area contributed by atoms with E-state index in [0.29, 0.717) is 11.3 Å². The average molecular weight is 479 g/mol. The number of rotatable bonds is 8. The number of carbonyl (C=O) groups is 2. The molecular weight excluding hydrogens is 451 g/mol. The van der Waals surface area contributed by atoms with Crippen LogP contribution in [0.2, 0.25) is 0 Å². The number of nitrogens with zero attached hydrogens (tertiary/aromatic N) is 1. The third-order valence-electron chi connectivity index (χ3n) is 4.94. The Bertz CT molecular complexity index is 1220. The number of amides is 1. The standard InChI is InChI=1S/C27H27FN2O5/c1-27(2,3)20-9-11-22(12-10-20)34-17-25(31)30-29-16-18-8-13-23(24(14-18)33-4)35-26(32)19-6-5-7-21(28)15-19/h5-16H,17H2,1-4H3,(H,30,31)/b29-16+. The molecular formula is C27H27FN2O5. The van der Waals surface area contributed by atoms with Crippen LogP contribution in [-0.4, -0.2) is 31.8 Å². The van der Waals surface area contributed by atoms with Gasteiger partial charge >= 0.3 is 5.97 Å². The highest BCUT2D eigenvalue weighted by Gasteiger charge is 2.14. The van der Waals surface area contributed by atoms with Gasteiger partial charge in [-0.25, -0.2) is 14.6 Å². The molecule has 0 spiro atoms. The summed E-state index contributed by atoms with van der Waals surface area (Å²) in [7, 11) is 1.42. The van der Waals surface area contributed by atoms with Crippen molar-refractivity contribution in [3.63, 3.8) is 0 Å². The van der Waals surface area contributed by atoms with Gasteiger partial charge in [0, 0.05) is 0 Å². The Balaban J connectivity index is 1.54. The molecule has 182 valence electrons. The van der Waals surface area contributed by atoms with Gasteiger partial charge < -0.3 is 14.2 Å². The van der Waals surface area contributed by atoms with E-state index in [0.717, 1.165) is 6.07 Å². The Morgan fingerprint density at radius 3 is 2.40 bits per heavy atom. The normalized spacial score (nSPS) is 11.2. The summed E-state index contributed by atoms with van der Waals surface area (Å²) in [5, 5.41) is 3.91. The van der Waals surface area contributed by atoms with E-state index < -0.39 is 17.7 Å². The molecule has 0 unspecified atom stereocenters. The lowest BCUT2D eigenvalue weighted by atomic mass is 9.87. The first-order chi connectivity index (χ1) is 16.7. The third-order valence-corrected chi connectivity index (χ3v) is 4.94. The van der Waals surface area contributed by atoms with Crippen LogP contribution in [0, 0.1) is 5.82 Å². The Morgan fingerprint density at radius 1 is 1.00 bits per heavy atom. The second-order valence-corrected chi connectivity index (χ2v) is 8.67. The summed E-state index contributed by atoms with van der Waals surface area (Å²) in [5.41, 5.74) is 4.26. The average Bonchev–Trinajstić information content (AvgIpc) is 2.83. The van der Waals surface area contributed by atoms with E-state index in [1.165, 1.54) is 43.2 Å². The molecule has 0 heterocycles. The van der Waals surface area contributed by atoms with E-state index in [1.54, 1.807) is 12.1 Å². The predicted octanol–water partition coefficient (Wildman–Crippen LogP) is 4.88. The van der Waals surface area contributed by atoms with Crippen molar-refractivity contribution in [2.24, 2.45) is 5.10 Å². The molecule has 1 N–H and O–H groups in total. The van der Waals surface area contributed by atoms with Crippen LogP contribution in [0.3, 0.4) is 0 Å². The lowest BCUT2D eigenvalue weighted by Gasteiger charge is -2.19. The molecule has 0 fully saturated rings. The van der Waals surface area contributed by atoms with Crippen LogP contribution >= 0.6 is 0 Å². The zero-order chi connectivity index (χ0) is 25.4. The monoisotopic (exact) mass is 478 g/mol. The number of hydrogen-bond acceptors (Lipinski definition) is 6. The van der Waals surface area contributed by atoms with E-state index in [-0.39, 0.29) is 29.1 Å². The van der Waals surface area contributed by atoms with Crippen LogP contribution in [0.25, 0.3) is 0 Å². The molecule has 0 aliphatic carbocycles. The number of halogens is 1. The molecule has 1 amide bonds. The Hall–Kier alpha value is -4.20. The Morgan fingerprint density at radius 2 is 1.74 bits per heavy atom. The van der Waals surface area contributed by atoms with Crippen molar-refractivity contribution >= 4 is 18.1 Å². The molecule has 3 aromatic rings. The Labute approximate surface area is 203 Å². The topological polar surface area (TPSA) is 86.2 Å². The highest BCUT2D eigenvalue weighted by Crippen LogP contribution is 2.28. The Kier molecular flexibility index (Phi) is 8.20. The van der Waals surface area contributed by atoms with Gasteiger partial charge in [-0.1, -0.05) is 39.0 Å². The van der Waals surface area contributed by atoms with E-state index in [4.69, 9.17) is 14.2 Å². The van der Waals surface area contributed by atoms with Crippen molar-refractivity contribution in [3.05, 3.63) is 89.2 Å². The van der Waals surface area contributed by atoms with Gasteiger partial charge in [-0.3, -0.25) is 4.79 Å². The van der Waals surface area contributed by atoms with Crippen molar-refractivity contribution in [2.75, 3.05) is 13.7 Å². The third kappa shape index (κ3) is 7.40. The molecule has 7 nitrogen and oxygen atoms in total. The van der Waals surface area contributed by atoms with Crippen LogP contribution in [-0.2, 0) is 10.2 Å². The molecule has 3 aromatic carbocycles. The van der Waals surface area contributed by atoms with Gasteiger partial charge in [0.2, 0.25) is 0 Å². The summed E-state index contributed by atoms with van der Waals surface area (Å²) < 4.78 is 29.4. The molecule has 0 aliphatic heterocycles. The summed E-state index contributed by atoms with van der Waals surface area (Å²) in [5.74, 6) is -0.659. The number of benzene rings is 3. The number of carbonyl (C=O) groups excluding carboxylic acids is 2. The lowest BCUT2D eigenvalue weighted by molar-refractivity contribution is -0.123. The first-order valence-corrected chi connectivity index (χ1v) is 10.9. The molecule has 3 rings (SSSR count). The molecule has 0 radical (unpaired) electrons. The van der Waals surface area contributed by atoms with Crippen LogP contribution < -0.4 is 19.6 Å². The molecule has 0 atom stereocenters. The highest BCUT2D eigenvalue weighted by atomic mass is 19.1. The first-order valence-electron chi connectivity index (χ1n) is 10.9. The fraction of sp³-hybridized carbons (Fsp3) is 0.222. The number of ether oxygens (including phenoxy) is 3. The van der Waals surface area contributed by atoms with Gasteiger partial charge in [-0.2, -0.15) is 5.10 Å². The van der Waals surface area contributed by atoms with Crippen molar-refractivity contribution in [1.29, 1.82) is 0 Å². The molecule has 0 saturated carbocycles. The minimum absolute atomic E-state index is 0.0362. The zero-order valence-electron chi connectivity index (χ0n) is 20.0. The number of esters is 1. The fourth-order valence-corrected chi connectivity index (χ4v) is 3.03. The van der Waals surface area contributed by atoms with Gasteiger partial charge in [-0.05, 0) is 65.1 Å². The van der Waals surface area contributed by atoms with E-state index >= 15 is 0 Å². The SMILES string of the molecule is COc1cc(/C=N/NC(=O)COc2ccc(C(C)(C)C)cc2)ccc1OC(=O)c1cccc(F)c1. The van der Waals surface area contributed by atoms with Gasteiger partial charge in [0.05, 0.1) is 18.9 Å². The van der Waals surface area contributed by atoms with Gasteiger partial charge in [0.15, 0.2) is 18.1 Å². The van der Waals surface area contributed by atoms with E-state index in [1.807, 2.05) is 24.3 Å². The minimum atomic E-state index is -0.718. The second-order valence-electron chi connectivity index (χ2n) is 8.67. The fourth-order valence-electron chi connectivity index (χ4n) is 3.03.